The van der Waals surface area contributed by atoms with Crippen LogP contribution < -0.4 is 4.90 Å². The van der Waals surface area contributed by atoms with Gasteiger partial charge in [-0.25, -0.2) is 4.98 Å². The van der Waals surface area contributed by atoms with Crippen molar-refractivity contribution in [1.82, 2.24) is 14.8 Å². The Kier molecular flexibility index (Phi) is 7.35. The van der Waals surface area contributed by atoms with Crippen molar-refractivity contribution >= 4 is 28.8 Å². The zero-order valence-corrected chi connectivity index (χ0v) is 19.1. The number of piperazine rings is 1. The van der Waals surface area contributed by atoms with Gasteiger partial charge in [0, 0.05) is 51.9 Å². The third kappa shape index (κ3) is 5.92. The second-order valence-electron chi connectivity index (χ2n) is 8.71. The molecular formula is C24H32N4O2S. The van der Waals surface area contributed by atoms with Gasteiger partial charge in [-0.15, -0.1) is 11.3 Å². The molecule has 1 atom stereocenters. The first-order valence-electron chi connectivity index (χ1n) is 11.3. The van der Waals surface area contributed by atoms with Crippen molar-refractivity contribution in [3.05, 3.63) is 46.3 Å². The molecule has 6 nitrogen and oxygen atoms in total. The molecule has 0 spiro atoms. The highest BCUT2D eigenvalue weighted by molar-refractivity contribution is 7.12. The number of rotatable bonds is 7. The standard InChI is InChI=1S/C24H32N4O2S/c1-19(29)22-15-21(18-31-22)17-26-10-4-5-20(16-26)7-8-24(30)28-13-11-27(12-14-28)23-6-2-3-9-25-23/h2-3,6,9,15,18,20H,4-5,7-8,10-14,16-17H2,1H3/t20-/m0/s1. The molecule has 7 heteroatoms. The topological polar surface area (TPSA) is 56.8 Å². The predicted octanol–water partition coefficient (Wildman–Crippen LogP) is 3.69. The second kappa shape index (κ2) is 10.4. The highest BCUT2D eigenvalue weighted by Crippen LogP contribution is 2.25. The minimum absolute atomic E-state index is 0.146. The van der Waals surface area contributed by atoms with Gasteiger partial charge in [-0.1, -0.05) is 6.07 Å². The van der Waals surface area contributed by atoms with Crippen molar-refractivity contribution in [3.63, 3.8) is 0 Å². The van der Waals surface area contributed by atoms with E-state index in [0.717, 1.165) is 62.9 Å². The lowest BCUT2D eigenvalue weighted by molar-refractivity contribution is -0.131. The quantitative estimate of drug-likeness (QED) is 0.615. The van der Waals surface area contributed by atoms with Crippen LogP contribution in [0.15, 0.2) is 35.8 Å². The Labute approximate surface area is 188 Å². The molecule has 0 unspecified atom stereocenters. The summed E-state index contributed by atoms with van der Waals surface area (Å²) in [5.41, 5.74) is 1.23. The van der Waals surface area contributed by atoms with E-state index in [4.69, 9.17) is 0 Å². The normalized spacial score (nSPS) is 20.1. The van der Waals surface area contributed by atoms with E-state index in [1.807, 2.05) is 35.4 Å². The Bertz CT molecular complexity index is 877. The van der Waals surface area contributed by atoms with Gasteiger partial charge in [-0.2, -0.15) is 0 Å². The number of hydrogen-bond acceptors (Lipinski definition) is 6. The number of thiophene rings is 1. The molecule has 2 aromatic heterocycles. The molecule has 0 radical (unpaired) electrons. The maximum absolute atomic E-state index is 12.8. The van der Waals surface area contributed by atoms with Crippen LogP contribution in [0.1, 0.15) is 47.8 Å². The highest BCUT2D eigenvalue weighted by Gasteiger charge is 2.25. The number of hydrogen-bond donors (Lipinski definition) is 0. The molecule has 0 saturated carbocycles. The molecule has 4 heterocycles. The molecule has 2 aliphatic rings. The van der Waals surface area contributed by atoms with E-state index < -0.39 is 0 Å². The fraction of sp³-hybridized carbons (Fsp3) is 0.542. The highest BCUT2D eigenvalue weighted by atomic mass is 32.1. The number of ketones is 1. The van der Waals surface area contributed by atoms with Crippen LogP contribution >= 0.6 is 11.3 Å². The van der Waals surface area contributed by atoms with Gasteiger partial charge in [0.2, 0.25) is 5.91 Å². The van der Waals surface area contributed by atoms with Crippen LogP contribution in [0, 0.1) is 5.92 Å². The largest absolute Gasteiger partial charge is 0.353 e. The van der Waals surface area contributed by atoms with Crippen molar-refractivity contribution in [2.75, 3.05) is 44.2 Å². The minimum atomic E-state index is 0.146. The van der Waals surface area contributed by atoms with Gasteiger partial charge in [0.15, 0.2) is 5.78 Å². The molecule has 4 rings (SSSR count). The van der Waals surface area contributed by atoms with Gasteiger partial charge in [-0.3, -0.25) is 14.5 Å². The maximum Gasteiger partial charge on any atom is 0.222 e. The van der Waals surface area contributed by atoms with Crippen molar-refractivity contribution in [2.45, 2.75) is 39.2 Å². The third-order valence-electron chi connectivity index (χ3n) is 6.38. The Balaban J connectivity index is 1.20. The number of nitrogens with zero attached hydrogens (tertiary/aromatic N) is 4. The Morgan fingerprint density at radius 3 is 2.71 bits per heavy atom. The Hall–Kier alpha value is -2.25. The van der Waals surface area contributed by atoms with E-state index in [1.54, 1.807) is 18.3 Å². The molecule has 0 N–H and O–H groups in total. The van der Waals surface area contributed by atoms with Gasteiger partial charge in [0.05, 0.1) is 4.88 Å². The molecular weight excluding hydrogens is 408 g/mol. The van der Waals surface area contributed by atoms with Gasteiger partial charge >= 0.3 is 0 Å². The summed E-state index contributed by atoms with van der Waals surface area (Å²) in [6.45, 7) is 7.94. The number of aromatic nitrogens is 1. The lowest BCUT2D eigenvalue weighted by Crippen LogP contribution is -2.49. The van der Waals surface area contributed by atoms with Crippen molar-refractivity contribution in [2.24, 2.45) is 5.92 Å². The number of pyridine rings is 1. The number of likely N-dealkylation sites (tertiary alicyclic amines) is 1. The first-order valence-corrected chi connectivity index (χ1v) is 12.2. The molecule has 0 aliphatic carbocycles. The van der Waals surface area contributed by atoms with Gasteiger partial charge in [0.25, 0.3) is 0 Å². The van der Waals surface area contributed by atoms with Crippen molar-refractivity contribution in [3.8, 4) is 0 Å². The summed E-state index contributed by atoms with van der Waals surface area (Å²) in [6, 6.07) is 8.00. The van der Waals surface area contributed by atoms with Gasteiger partial charge in [0.1, 0.15) is 5.82 Å². The average Bonchev–Trinajstić information content (AvgIpc) is 3.27. The van der Waals surface area contributed by atoms with Crippen LogP contribution in [0.3, 0.4) is 0 Å². The number of Topliss-reactive ketones (excluding diaryl/α,β-unsaturated/α-hetero) is 1. The SMILES string of the molecule is CC(=O)c1cc(CN2CCC[C@@H](CCC(=O)N3CCN(c4ccccn4)CC3)C2)cs1. The molecule has 2 aliphatic heterocycles. The smallest absolute Gasteiger partial charge is 0.222 e. The molecule has 2 aromatic rings. The van der Waals surface area contributed by atoms with Crippen molar-refractivity contribution in [1.29, 1.82) is 0 Å². The second-order valence-corrected chi connectivity index (χ2v) is 9.62. The van der Waals surface area contributed by atoms with Gasteiger partial charge in [-0.05, 0) is 67.8 Å². The fourth-order valence-corrected chi connectivity index (χ4v) is 5.45. The summed E-state index contributed by atoms with van der Waals surface area (Å²) >= 11 is 1.54. The van der Waals surface area contributed by atoms with E-state index >= 15 is 0 Å². The lowest BCUT2D eigenvalue weighted by atomic mass is 9.93. The maximum atomic E-state index is 12.8. The van der Waals surface area contributed by atoms with Crippen LogP contribution in [0.4, 0.5) is 5.82 Å². The first kappa shape index (κ1) is 22.0. The molecule has 0 bridgehead atoms. The molecule has 1 amide bonds. The minimum Gasteiger partial charge on any atom is -0.353 e. The summed E-state index contributed by atoms with van der Waals surface area (Å²) in [5.74, 6) is 2.02. The average molecular weight is 441 g/mol. The molecule has 166 valence electrons. The fourth-order valence-electron chi connectivity index (χ4n) is 4.64. The summed E-state index contributed by atoms with van der Waals surface area (Å²) in [6.07, 6.45) is 5.83. The van der Waals surface area contributed by atoms with Crippen LogP contribution in [0.25, 0.3) is 0 Å². The van der Waals surface area contributed by atoms with E-state index in [9.17, 15) is 9.59 Å². The lowest BCUT2D eigenvalue weighted by Gasteiger charge is -2.36. The van der Waals surface area contributed by atoms with E-state index in [-0.39, 0.29) is 5.78 Å². The molecule has 2 saturated heterocycles. The molecule has 31 heavy (non-hydrogen) atoms. The summed E-state index contributed by atoms with van der Waals surface area (Å²) in [7, 11) is 0. The zero-order valence-electron chi connectivity index (χ0n) is 18.3. The Morgan fingerprint density at radius 2 is 2.00 bits per heavy atom. The van der Waals surface area contributed by atoms with E-state index in [1.165, 1.54) is 18.4 Å². The number of carbonyl (C=O) groups excluding carboxylic acids is 2. The summed E-state index contributed by atoms with van der Waals surface area (Å²) in [4.78, 5) is 36.3. The van der Waals surface area contributed by atoms with Crippen molar-refractivity contribution < 1.29 is 9.59 Å². The van der Waals surface area contributed by atoms with Crippen LogP contribution in [0.2, 0.25) is 0 Å². The number of amides is 1. The monoisotopic (exact) mass is 440 g/mol. The Morgan fingerprint density at radius 1 is 1.16 bits per heavy atom. The van der Waals surface area contributed by atoms with Crippen LogP contribution in [0.5, 0.6) is 0 Å². The summed E-state index contributed by atoms with van der Waals surface area (Å²) < 4.78 is 0. The number of piperidine rings is 1. The van der Waals surface area contributed by atoms with E-state index in [2.05, 4.69) is 20.2 Å². The predicted molar refractivity (Wildman–Crippen MR) is 125 cm³/mol. The number of anilines is 1. The van der Waals surface area contributed by atoms with Gasteiger partial charge < -0.3 is 9.80 Å². The van der Waals surface area contributed by atoms with Crippen LogP contribution in [-0.4, -0.2) is 65.7 Å². The zero-order chi connectivity index (χ0) is 21.6. The van der Waals surface area contributed by atoms with E-state index in [0.29, 0.717) is 18.2 Å². The third-order valence-corrected chi connectivity index (χ3v) is 7.46. The number of carbonyl (C=O) groups is 2. The summed E-state index contributed by atoms with van der Waals surface area (Å²) in [5, 5.41) is 2.11. The molecule has 0 aromatic carbocycles. The van der Waals surface area contributed by atoms with Crippen LogP contribution in [-0.2, 0) is 11.3 Å². The molecule has 2 fully saturated rings. The first-order chi connectivity index (χ1) is 15.1.